The van der Waals surface area contributed by atoms with Crippen molar-refractivity contribution in [1.82, 2.24) is 14.5 Å². The molecule has 0 spiro atoms. The number of phenolic OH excluding ortho intramolecular Hbond substituents is 1. The number of fused-ring (bicyclic) bond motifs is 1. The summed E-state index contributed by atoms with van der Waals surface area (Å²) in [6.07, 6.45) is 4.68. The number of nitrogens with two attached hydrogens (primary N) is 1. The summed E-state index contributed by atoms with van der Waals surface area (Å²) < 4.78 is 6.77. The molecule has 1 aromatic carbocycles. The summed E-state index contributed by atoms with van der Waals surface area (Å²) in [5.74, 6) is 0.735. The van der Waals surface area contributed by atoms with E-state index in [0.717, 1.165) is 19.3 Å². The molecule has 0 amide bonds. The van der Waals surface area contributed by atoms with Gasteiger partial charge in [0.25, 0.3) is 5.56 Å². The number of methoxy groups -OCH3 is 1. The minimum atomic E-state index is -0.289. The van der Waals surface area contributed by atoms with E-state index >= 15 is 0 Å². The van der Waals surface area contributed by atoms with Crippen molar-refractivity contribution >= 4 is 28.6 Å². The van der Waals surface area contributed by atoms with E-state index in [1.807, 2.05) is 0 Å². The van der Waals surface area contributed by atoms with Gasteiger partial charge in [0.2, 0.25) is 5.95 Å². The molecule has 0 bridgehead atoms. The molecular formula is C21H24ClN5O3. The lowest BCUT2D eigenvalue weighted by Crippen LogP contribution is -2.35. The first kappa shape index (κ1) is 20.4. The number of anilines is 1. The fraction of sp³-hybridized carbons (Fsp3) is 0.381. The smallest absolute Gasteiger partial charge is 0.259 e. The first-order valence-electron chi connectivity index (χ1n) is 9.77. The van der Waals surface area contributed by atoms with Crippen LogP contribution in [0.4, 0.5) is 5.95 Å². The fourth-order valence-corrected chi connectivity index (χ4v) is 4.37. The average Bonchev–Trinajstić information content (AvgIpc) is 3.13. The monoisotopic (exact) mass is 429 g/mol. The van der Waals surface area contributed by atoms with Crippen LogP contribution in [0.25, 0.3) is 22.2 Å². The first-order chi connectivity index (χ1) is 14.3. The van der Waals surface area contributed by atoms with Gasteiger partial charge in [-0.05, 0) is 32.3 Å². The van der Waals surface area contributed by atoms with Crippen LogP contribution in [0.1, 0.15) is 24.8 Å². The average molecular weight is 430 g/mol. The van der Waals surface area contributed by atoms with Gasteiger partial charge < -0.3 is 20.9 Å². The van der Waals surface area contributed by atoms with Crippen LogP contribution in [-0.2, 0) is 7.05 Å². The first-order valence-corrected chi connectivity index (χ1v) is 10.1. The summed E-state index contributed by atoms with van der Waals surface area (Å²) in [5, 5.41) is 14.3. The summed E-state index contributed by atoms with van der Waals surface area (Å²) in [5.41, 5.74) is 7.75. The molecule has 2 aromatic heterocycles. The number of hydrogen-bond acceptors (Lipinski definition) is 7. The van der Waals surface area contributed by atoms with Gasteiger partial charge in [0, 0.05) is 53.5 Å². The van der Waals surface area contributed by atoms with E-state index in [2.05, 4.69) is 15.3 Å². The molecule has 158 valence electrons. The van der Waals surface area contributed by atoms with E-state index in [-0.39, 0.29) is 28.4 Å². The third kappa shape index (κ3) is 3.36. The zero-order chi connectivity index (χ0) is 21.6. The van der Waals surface area contributed by atoms with Gasteiger partial charge in [-0.15, -0.1) is 0 Å². The van der Waals surface area contributed by atoms with Crippen molar-refractivity contribution in [2.75, 3.05) is 12.4 Å². The molecular weight excluding hydrogens is 406 g/mol. The molecule has 1 aliphatic rings. The molecule has 2 heterocycles. The van der Waals surface area contributed by atoms with Gasteiger partial charge in [0.15, 0.2) is 0 Å². The number of aryl methyl sites for hydroxylation is 1. The van der Waals surface area contributed by atoms with Gasteiger partial charge in [-0.1, -0.05) is 11.6 Å². The fourth-order valence-electron chi connectivity index (χ4n) is 4.07. The van der Waals surface area contributed by atoms with Crippen LogP contribution in [0.15, 0.2) is 23.1 Å². The highest BCUT2D eigenvalue weighted by atomic mass is 35.5. The summed E-state index contributed by atoms with van der Waals surface area (Å²) in [4.78, 5) is 22.1. The van der Waals surface area contributed by atoms with Gasteiger partial charge in [-0.25, -0.2) is 4.98 Å². The van der Waals surface area contributed by atoms with E-state index in [1.54, 1.807) is 26.2 Å². The van der Waals surface area contributed by atoms with Crippen molar-refractivity contribution < 1.29 is 9.84 Å². The molecule has 1 fully saturated rings. The predicted octanol–water partition coefficient (Wildman–Crippen LogP) is 2.96. The van der Waals surface area contributed by atoms with Crippen LogP contribution in [0.2, 0.25) is 5.02 Å². The van der Waals surface area contributed by atoms with Gasteiger partial charge >= 0.3 is 0 Å². The summed E-state index contributed by atoms with van der Waals surface area (Å²) in [7, 11) is 3.14. The lowest BCUT2D eigenvalue weighted by Gasteiger charge is -2.18. The summed E-state index contributed by atoms with van der Waals surface area (Å²) in [6.45, 7) is 1.79. The van der Waals surface area contributed by atoms with Gasteiger partial charge in [-0.2, -0.15) is 4.98 Å². The molecule has 30 heavy (non-hydrogen) atoms. The number of phenols is 1. The molecule has 0 radical (unpaired) electrons. The van der Waals surface area contributed by atoms with Crippen molar-refractivity contribution in [2.45, 2.75) is 38.3 Å². The number of benzene rings is 1. The number of aromatic hydroxyl groups is 1. The second kappa shape index (κ2) is 7.77. The Hall–Kier alpha value is -2.84. The number of nitrogens with one attached hydrogen (secondary N) is 1. The highest BCUT2D eigenvalue weighted by Crippen LogP contribution is 2.41. The number of halogens is 1. The third-order valence-corrected chi connectivity index (χ3v) is 6.16. The Kier molecular flexibility index (Phi) is 5.29. The lowest BCUT2D eigenvalue weighted by molar-refractivity contribution is 0.405. The van der Waals surface area contributed by atoms with Crippen LogP contribution in [-0.4, -0.2) is 38.8 Å². The number of rotatable bonds is 4. The zero-order valence-corrected chi connectivity index (χ0v) is 17.8. The molecule has 9 heteroatoms. The quantitative estimate of drug-likeness (QED) is 0.583. The highest BCUT2D eigenvalue weighted by molar-refractivity contribution is 6.35. The van der Waals surface area contributed by atoms with Crippen molar-refractivity contribution in [1.29, 1.82) is 0 Å². The summed E-state index contributed by atoms with van der Waals surface area (Å²) in [6, 6.07) is 3.32. The number of ether oxygens (including phenoxy) is 1. The van der Waals surface area contributed by atoms with Crippen molar-refractivity contribution in [3.8, 4) is 22.6 Å². The van der Waals surface area contributed by atoms with Gasteiger partial charge in [-0.3, -0.25) is 9.36 Å². The van der Waals surface area contributed by atoms with Gasteiger partial charge in [0.1, 0.15) is 17.1 Å². The second-order valence-electron chi connectivity index (χ2n) is 7.65. The maximum absolute atomic E-state index is 13.2. The standard InChI is InChI=1S/C21H24ClN5O3/c1-10-16(30-3)8-15(28)18(22)17(10)12-7-11-9-24-21(25-14-6-4-5-13(14)23)26-19(11)27(2)20(12)29/h7-9,13-14,28H,4-6,23H2,1-3H3,(H,24,25,26). The van der Waals surface area contributed by atoms with E-state index < -0.39 is 0 Å². The lowest BCUT2D eigenvalue weighted by atomic mass is 9.99. The molecule has 1 aliphatic carbocycles. The second-order valence-corrected chi connectivity index (χ2v) is 8.03. The van der Waals surface area contributed by atoms with E-state index in [0.29, 0.717) is 39.4 Å². The van der Waals surface area contributed by atoms with E-state index in [1.165, 1.54) is 17.7 Å². The number of hydrogen-bond donors (Lipinski definition) is 3. The van der Waals surface area contributed by atoms with Crippen LogP contribution < -0.4 is 21.3 Å². The molecule has 4 N–H and O–H groups in total. The number of nitrogens with zero attached hydrogens (tertiary/aromatic N) is 3. The molecule has 0 saturated heterocycles. The SMILES string of the molecule is COc1cc(O)c(Cl)c(-c2cc3cnc(NC4CCCC4N)nc3n(C)c2=O)c1C. The van der Waals surface area contributed by atoms with Crippen molar-refractivity contribution in [2.24, 2.45) is 12.8 Å². The topological polar surface area (TPSA) is 115 Å². The number of aromatic nitrogens is 3. The Morgan fingerprint density at radius 2 is 2.13 bits per heavy atom. The predicted molar refractivity (Wildman–Crippen MR) is 117 cm³/mol. The number of pyridine rings is 1. The maximum atomic E-state index is 13.2. The van der Waals surface area contributed by atoms with Gasteiger partial charge in [0.05, 0.1) is 12.1 Å². The highest BCUT2D eigenvalue weighted by Gasteiger charge is 2.25. The van der Waals surface area contributed by atoms with Crippen molar-refractivity contribution in [3.63, 3.8) is 0 Å². The van der Waals surface area contributed by atoms with Crippen LogP contribution in [0, 0.1) is 6.92 Å². The zero-order valence-electron chi connectivity index (χ0n) is 17.1. The molecule has 1 saturated carbocycles. The minimum absolute atomic E-state index is 0.0707. The third-order valence-electron chi connectivity index (χ3n) is 5.78. The minimum Gasteiger partial charge on any atom is -0.506 e. The maximum Gasteiger partial charge on any atom is 0.259 e. The molecule has 8 nitrogen and oxygen atoms in total. The van der Waals surface area contributed by atoms with E-state index in [9.17, 15) is 9.90 Å². The molecule has 3 aromatic rings. The Labute approximate surface area is 178 Å². The molecule has 0 aliphatic heterocycles. The Morgan fingerprint density at radius 3 is 2.80 bits per heavy atom. The van der Waals surface area contributed by atoms with Crippen LogP contribution in [0.3, 0.4) is 0 Å². The van der Waals surface area contributed by atoms with Crippen LogP contribution >= 0.6 is 11.6 Å². The molecule has 4 rings (SSSR count). The van der Waals surface area contributed by atoms with Crippen LogP contribution in [0.5, 0.6) is 11.5 Å². The summed E-state index contributed by atoms with van der Waals surface area (Å²) >= 11 is 6.36. The molecule has 2 atom stereocenters. The Morgan fingerprint density at radius 1 is 1.37 bits per heavy atom. The molecule has 2 unspecified atom stereocenters. The van der Waals surface area contributed by atoms with E-state index in [4.69, 9.17) is 22.1 Å². The van der Waals surface area contributed by atoms with Crippen molar-refractivity contribution in [3.05, 3.63) is 39.3 Å². The Balaban J connectivity index is 1.85. The normalized spacial score (nSPS) is 18.7. The Bertz CT molecular complexity index is 1190. The largest absolute Gasteiger partial charge is 0.506 e.